The summed E-state index contributed by atoms with van der Waals surface area (Å²) >= 11 is 0. The van der Waals surface area contributed by atoms with Crippen LogP contribution in [-0.4, -0.2) is 24.8 Å². The van der Waals surface area contributed by atoms with Crippen LogP contribution >= 0.6 is 0 Å². The van der Waals surface area contributed by atoms with Crippen LogP contribution in [0.4, 0.5) is 14.5 Å². The maximum Gasteiger partial charge on any atom is 0.299 e. The number of nitrogens with two attached hydrogens (primary N) is 1. The second-order valence-corrected chi connectivity index (χ2v) is 3.71. The first-order valence-electron chi connectivity index (χ1n) is 5.11. The Morgan fingerprint density at radius 2 is 1.94 bits per heavy atom. The molecule has 17 heavy (non-hydrogen) atoms. The quantitative estimate of drug-likeness (QED) is 0.796. The average molecular weight is 240 g/mol. The van der Waals surface area contributed by atoms with E-state index in [9.17, 15) is 18.4 Å². The molecule has 1 aromatic rings. The van der Waals surface area contributed by atoms with Gasteiger partial charge < -0.3 is 10.6 Å². The largest absolute Gasteiger partial charge is 0.330 e. The molecule has 0 spiro atoms. The van der Waals surface area contributed by atoms with Gasteiger partial charge in [-0.1, -0.05) is 0 Å². The lowest BCUT2D eigenvalue weighted by Crippen LogP contribution is -2.31. The lowest BCUT2D eigenvalue weighted by atomic mass is 10.1. The van der Waals surface area contributed by atoms with Crippen molar-refractivity contribution in [2.75, 3.05) is 18.0 Å². The Labute approximate surface area is 96.0 Å². The van der Waals surface area contributed by atoms with E-state index in [0.29, 0.717) is 19.0 Å². The van der Waals surface area contributed by atoms with Gasteiger partial charge in [-0.2, -0.15) is 0 Å². The molecular weight excluding hydrogens is 230 g/mol. The lowest BCUT2D eigenvalue weighted by Gasteiger charge is -2.15. The Hall–Kier alpha value is -1.82. The van der Waals surface area contributed by atoms with Crippen molar-refractivity contribution >= 4 is 17.4 Å². The third-order valence-electron chi connectivity index (χ3n) is 2.58. The standard InChI is InChI=1S/C11H10F2N2O2/c12-6-4-7(13)9-8(5-6)15(3-1-2-14)11(17)10(9)16/h4-5H,1-3,14H2. The number of Topliss-reactive ketones (excluding diaryl/α,β-unsaturated/α-hetero) is 1. The predicted molar refractivity (Wildman–Crippen MR) is 56.7 cm³/mol. The molecule has 0 bridgehead atoms. The summed E-state index contributed by atoms with van der Waals surface area (Å²) in [6.07, 6.45) is 0.455. The highest BCUT2D eigenvalue weighted by atomic mass is 19.1. The van der Waals surface area contributed by atoms with Gasteiger partial charge in [0.25, 0.3) is 11.7 Å². The second kappa shape index (κ2) is 4.21. The third-order valence-corrected chi connectivity index (χ3v) is 2.58. The van der Waals surface area contributed by atoms with Gasteiger partial charge in [0.15, 0.2) is 0 Å². The number of amides is 1. The van der Waals surface area contributed by atoms with Crippen LogP contribution in [0.5, 0.6) is 0 Å². The molecule has 0 aromatic heterocycles. The first-order chi connectivity index (χ1) is 8.06. The number of fused-ring (bicyclic) bond motifs is 1. The van der Waals surface area contributed by atoms with Crippen molar-refractivity contribution in [2.24, 2.45) is 5.73 Å². The van der Waals surface area contributed by atoms with Gasteiger partial charge in [-0.15, -0.1) is 0 Å². The number of nitrogens with zero attached hydrogens (tertiary/aromatic N) is 1. The van der Waals surface area contributed by atoms with Crippen LogP contribution < -0.4 is 10.6 Å². The van der Waals surface area contributed by atoms with Crippen LogP contribution in [0.1, 0.15) is 16.8 Å². The van der Waals surface area contributed by atoms with Crippen LogP contribution in [0.3, 0.4) is 0 Å². The topological polar surface area (TPSA) is 63.4 Å². The molecule has 1 aromatic carbocycles. The molecule has 1 heterocycles. The highest BCUT2D eigenvalue weighted by Crippen LogP contribution is 2.31. The number of carbonyl (C=O) groups is 2. The molecule has 1 amide bonds. The minimum Gasteiger partial charge on any atom is -0.330 e. The lowest BCUT2D eigenvalue weighted by molar-refractivity contribution is -0.114. The van der Waals surface area contributed by atoms with Crippen molar-refractivity contribution in [1.82, 2.24) is 0 Å². The predicted octanol–water partition coefficient (Wildman–Crippen LogP) is 0.843. The van der Waals surface area contributed by atoms with E-state index in [4.69, 9.17) is 5.73 Å². The van der Waals surface area contributed by atoms with Gasteiger partial charge in [0, 0.05) is 12.6 Å². The van der Waals surface area contributed by atoms with E-state index in [1.54, 1.807) is 0 Å². The summed E-state index contributed by atoms with van der Waals surface area (Å²) < 4.78 is 26.5. The summed E-state index contributed by atoms with van der Waals surface area (Å²) in [7, 11) is 0. The number of halogens is 2. The van der Waals surface area contributed by atoms with Gasteiger partial charge in [-0.3, -0.25) is 9.59 Å². The average Bonchev–Trinajstić information content (AvgIpc) is 2.49. The molecule has 0 unspecified atom stereocenters. The highest BCUT2D eigenvalue weighted by Gasteiger charge is 2.38. The highest BCUT2D eigenvalue weighted by molar-refractivity contribution is 6.52. The van der Waals surface area contributed by atoms with Gasteiger partial charge in [0.1, 0.15) is 11.6 Å². The number of ketones is 1. The molecule has 0 fully saturated rings. The molecule has 6 heteroatoms. The van der Waals surface area contributed by atoms with Crippen molar-refractivity contribution in [2.45, 2.75) is 6.42 Å². The summed E-state index contributed by atoms with van der Waals surface area (Å²) in [6.45, 7) is 0.502. The van der Waals surface area contributed by atoms with Crippen LogP contribution in [-0.2, 0) is 4.79 Å². The van der Waals surface area contributed by atoms with Crippen LogP contribution in [0.25, 0.3) is 0 Å². The van der Waals surface area contributed by atoms with Crippen molar-refractivity contribution < 1.29 is 18.4 Å². The van der Waals surface area contributed by atoms with E-state index < -0.39 is 23.3 Å². The second-order valence-electron chi connectivity index (χ2n) is 3.71. The molecule has 4 nitrogen and oxygen atoms in total. The Morgan fingerprint density at radius 1 is 1.24 bits per heavy atom. The van der Waals surface area contributed by atoms with Crippen LogP contribution in [0.2, 0.25) is 0 Å². The first-order valence-corrected chi connectivity index (χ1v) is 5.11. The van der Waals surface area contributed by atoms with Crippen molar-refractivity contribution in [3.63, 3.8) is 0 Å². The van der Waals surface area contributed by atoms with E-state index in [1.807, 2.05) is 0 Å². The fourth-order valence-electron chi connectivity index (χ4n) is 1.81. The first kappa shape index (κ1) is 11.7. The maximum atomic E-state index is 13.4. The number of hydrogen-bond acceptors (Lipinski definition) is 3. The smallest absolute Gasteiger partial charge is 0.299 e. The van der Waals surface area contributed by atoms with Gasteiger partial charge in [-0.25, -0.2) is 8.78 Å². The molecule has 90 valence electrons. The van der Waals surface area contributed by atoms with E-state index in [1.165, 1.54) is 0 Å². The molecule has 0 atom stereocenters. The molecular formula is C11H10F2N2O2. The van der Waals surface area contributed by atoms with Crippen LogP contribution in [0, 0.1) is 11.6 Å². The zero-order chi connectivity index (χ0) is 12.6. The van der Waals surface area contributed by atoms with Gasteiger partial charge in [0.05, 0.1) is 11.3 Å². The number of benzene rings is 1. The fraction of sp³-hybridized carbons (Fsp3) is 0.273. The summed E-state index contributed by atoms with van der Waals surface area (Å²) in [5.41, 5.74) is 4.93. The zero-order valence-electron chi connectivity index (χ0n) is 8.87. The molecule has 2 rings (SSSR count). The molecule has 1 aliphatic heterocycles. The number of hydrogen-bond donors (Lipinski definition) is 1. The fourth-order valence-corrected chi connectivity index (χ4v) is 1.81. The Kier molecular flexibility index (Phi) is 2.89. The van der Waals surface area contributed by atoms with E-state index in [0.717, 1.165) is 11.0 Å². The molecule has 0 radical (unpaired) electrons. The van der Waals surface area contributed by atoms with Gasteiger partial charge >= 0.3 is 0 Å². The molecule has 2 N–H and O–H groups in total. The van der Waals surface area contributed by atoms with Crippen molar-refractivity contribution in [3.8, 4) is 0 Å². The normalized spacial score (nSPS) is 14.4. The number of anilines is 1. The van der Waals surface area contributed by atoms with Crippen molar-refractivity contribution in [1.29, 1.82) is 0 Å². The van der Waals surface area contributed by atoms with Gasteiger partial charge in [-0.05, 0) is 19.0 Å². The molecule has 0 aliphatic carbocycles. The Morgan fingerprint density at radius 3 is 2.59 bits per heavy atom. The molecule has 0 saturated carbocycles. The SMILES string of the molecule is NCCCN1C(=O)C(=O)c2c(F)cc(F)cc21. The number of carbonyl (C=O) groups excluding carboxylic acids is 2. The van der Waals surface area contributed by atoms with E-state index in [-0.39, 0.29) is 17.8 Å². The van der Waals surface area contributed by atoms with Crippen LogP contribution in [0.15, 0.2) is 12.1 Å². The van der Waals surface area contributed by atoms with E-state index >= 15 is 0 Å². The monoisotopic (exact) mass is 240 g/mol. The third kappa shape index (κ3) is 1.80. The molecule has 1 aliphatic rings. The summed E-state index contributed by atoms with van der Waals surface area (Å²) in [4.78, 5) is 24.2. The van der Waals surface area contributed by atoms with Crippen molar-refractivity contribution in [3.05, 3.63) is 29.3 Å². The molecule has 0 saturated heterocycles. The summed E-state index contributed by atoms with van der Waals surface area (Å²) in [5.74, 6) is -3.59. The minimum absolute atomic E-state index is 0.00838. The summed E-state index contributed by atoms with van der Waals surface area (Å²) in [6, 6.07) is 1.58. The number of rotatable bonds is 3. The van der Waals surface area contributed by atoms with E-state index in [2.05, 4.69) is 0 Å². The summed E-state index contributed by atoms with van der Waals surface area (Å²) in [5, 5.41) is 0. The Bertz CT molecular complexity index is 502. The zero-order valence-corrected chi connectivity index (χ0v) is 8.87. The maximum absolute atomic E-state index is 13.4. The van der Waals surface area contributed by atoms with Gasteiger partial charge in [0.2, 0.25) is 0 Å². The Balaban J connectivity index is 2.48. The minimum atomic E-state index is -1.01.